The maximum atomic E-state index is 11.2. The molecular formula is C15H18N2O3. The molecule has 0 aliphatic carbocycles. The van der Waals surface area contributed by atoms with Crippen molar-refractivity contribution in [1.29, 1.82) is 0 Å². The van der Waals surface area contributed by atoms with Gasteiger partial charge in [0.25, 0.3) is 0 Å². The van der Waals surface area contributed by atoms with Gasteiger partial charge in [0, 0.05) is 5.56 Å². The molecule has 20 heavy (non-hydrogen) atoms. The molecule has 0 fully saturated rings. The van der Waals surface area contributed by atoms with Crippen molar-refractivity contribution in [2.45, 2.75) is 26.8 Å². The lowest BCUT2D eigenvalue weighted by atomic mass is 10.1. The van der Waals surface area contributed by atoms with Gasteiger partial charge in [-0.25, -0.2) is 4.79 Å². The minimum Gasteiger partial charge on any atom is -0.496 e. The van der Waals surface area contributed by atoms with E-state index in [0.29, 0.717) is 12.2 Å². The van der Waals surface area contributed by atoms with Crippen LogP contribution in [0, 0.1) is 6.92 Å². The van der Waals surface area contributed by atoms with Crippen LogP contribution in [0.5, 0.6) is 5.75 Å². The highest BCUT2D eigenvalue weighted by Gasteiger charge is 2.14. The van der Waals surface area contributed by atoms with E-state index in [9.17, 15) is 9.90 Å². The zero-order valence-corrected chi connectivity index (χ0v) is 11.9. The summed E-state index contributed by atoms with van der Waals surface area (Å²) < 4.78 is 6.83. The van der Waals surface area contributed by atoms with E-state index in [0.717, 1.165) is 17.7 Å². The third-order valence-corrected chi connectivity index (χ3v) is 3.19. The summed E-state index contributed by atoms with van der Waals surface area (Å²) >= 11 is 0. The van der Waals surface area contributed by atoms with Gasteiger partial charge in [0.05, 0.1) is 19.3 Å². The number of methoxy groups -OCH3 is 1. The van der Waals surface area contributed by atoms with Gasteiger partial charge in [-0.05, 0) is 31.0 Å². The third kappa shape index (κ3) is 2.82. The first-order chi connectivity index (χ1) is 9.55. The van der Waals surface area contributed by atoms with Gasteiger partial charge in [-0.1, -0.05) is 19.1 Å². The van der Waals surface area contributed by atoms with E-state index in [1.807, 2.05) is 18.2 Å². The monoisotopic (exact) mass is 274 g/mol. The molecule has 1 heterocycles. The molecule has 1 aromatic carbocycles. The molecular weight excluding hydrogens is 256 g/mol. The normalized spacial score (nSPS) is 10.6. The van der Waals surface area contributed by atoms with Crippen molar-refractivity contribution in [3.63, 3.8) is 0 Å². The summed E-state index contributed by atoms with van der Waals surface area (Å²) in [6.45, 7) is 4.24. The molecule has 0 aliphatic heterocycles. The summed E-state index contributed by atoms with van der Waals surface area (Å²) in [6.07, 6.45) is 0.918. The van der Waals surface area contributed by atoms with Gasteiger partial charge in [-0.15, -0.1) is 0 Å². The fraction of sp³-hybridized carbons (Fsp3) is 0.333. The minimum absolute atomic E-state index is 0.187. The number of carboxylic acids is 1. The number of carbonyl (C=O) groups is 1. The van der Waals surface area contributed by atoms with Gasteiger partial charge in [0.15, 0.2) is 0 Å². The van der Waals surface area contributed by atoms with Crippen LogP contribution in [0.15, 0.2) is 24.3 Å². The van der Waals surface area contributed by atoms with Crippen molar-refractivity contribution < 1.29 is 14.6 Å². The van der Waals surface area contributed by atoms with Crippen molar-refractivity contribution >= 4 is 5.97 Å². The first kappa shape index (κ1) is 14.1. The first-order valence-corrected chi connectivity index (χ1v) is 6.48. The Hall–Kier alpha value is -2.30. The predicted octanol–water partition coefficient (Wildman–Crippen LogP) is 2.51. The number of aromatic carboxylic acids is 1. The number of aryl methyl sites for hydroxylation is 2. The first-order valence-electron chi connectivity index (χ1n) is 6.48. The highest BCUT2D eigenvalue weighted by atomic mass is 16.5. The van der Waals surface area contributed by atoms with E-state index in [4.69, 9.17) is 4.74 Å². The molecule has 2 rings (SSSR count). The second-order valence-electron chi connectivity index (χ2n) is 4.63. The summed E-state index contributed by atoms with van der Waals surface area (Å²) in [5.74, 6) is -0.233. The van der Waals surface area contributed by atoms with Gasteiger partial charge in [0.2, 0.25) is 0 Å². The van der Waals surface area contributed by atoms with E-state index < -0.39 is 5.97 Å². The maximum Gasteiger partial charge on any atom is 0.354 e. The van der Waals surface area contributed by atoms with E-state index in [2.05, 4.69) is 12.0 Å². The number of hydrogen-bond acceptors (Lipinski definition) is 3. The van der Waals surface area contributed by atoms with Crippen molar-refractivity contribution in [1.82, 2.24) is 9.78 Å². The molecule has 0 amide bonds. The molecule has 0 radical (unpaired) electrons. The highest BCUT2D eigenvalue weighted by molar-refractivity contribution is 5.85. The minimum atomic E-state index is -0.976. The van der Waals surface area contributed by atoms with E-state index in [-0.39, 0.29) is 5.69 Å². The van der Waals surface area contributed by atoms with Gasteiger partial charge in [-0.2, -0.15) is 5.10 Å². The highest BCUT2D eigenvalue weighted by Crippen LogP contribution is 2.22. The molecule has 0 spiro atoms. The number of benzene rings is 1. The Kier molecular flexibility index (Phi) is 4.08. The Bertz CT molecular complexity index is 632. The second kappa shape index (κ2) is 5.77. The van der Waals surface area contributed by atoms with Crippen molar-refractivity contribution in [3.05, 3.63) is 46.8 Å². The van der Waals surface area contributed by atoms with Crippen LogP contribution in [-0.2, 0) is 13.0 Å². The number of rotatable bonds is 5. The zero-order valence-electron chi connectivity index (χ0n) is 11.9. The van der Waals surface area contributed by atoms with Crippen LogP contribution in [0.1, 0.15) is 34.2 Å². The molecule has 5 nitrogen and oxygen atoms in total. The lowest BCUT2D eigenvalue weighted by molar-refractivity contribution is 0.0684. The lowest BCUT2D eigenvalue weighted by Crippen LogP contribution is -2.11. The van der Waals surface area contributed by atoms with Crippen molar-refractivity contribution in [3.8, 4) is 5.75 Å². The molecule has 5 heteroatoms. The molecule has 0 saturated carbocycles. The van der Waals surface area contributed by atoms with E-state index in [1.54, 1.807) is 20.1 Å². The standard InChI is InChI=1S/C15H18N2O3/c1-4-11-5-6-14(20-3)12(8-11)9-17-13(15(18)19)7-10(2)16-17/h5-8H,4,9H2,1-3H3,(H,18,19). The molecule has 106 valence electrons. The number of ether oxygens (including phenoxy) is 1. The largest absolute Gasteiger partial charge is 0.496 e. The van der Waals surface area contributed by atoms with Crippen molar-refractivity contribution in [2.24, 2.45) is 0 Å². The van der Waals surface area contributed by atoms with E-state index in [1.165, 1.54) is 10.2 Å². The van der Waals surface area contributed by atoms with Crippen LogP contribution < -0.4 is 4.74 Å². The lowest BCUT2D eigenvalue weighted by Gasteiger charge is -2.11. The quantitative estimate of drug-likeness (QED) is 0.910. The molecule has 2 aromatic rings. The summed E-state index contributed by atoms with van der Waals surface area (Å²) in [7, 11) is 1.61. The fourth-order valence-electron chi connectivity index (χ4n) is 2.17. The van der Waals surface area contributed by atoms with Crippen LogP contribution in [0.3, 0.4) is 0 Å². The van der Waals surface area contributed by atoms with Gasteiger partial charge >= 0.3 is 5.97 Å². The Labute approximate surface area is 117 Å². The summed E-state index contributed by atoms with van der Waals surface area (Å²) in [5.41, 5.74) is 2.98. The topological polar surface area (TPSA) is 64.4 Å². The van der Waals surface area contributed by atoms with E-state index >= 15 is 0 Å². The smallest absolute Gasteiger partial charge is 0.354 e. The molecule has 0 saturated heterocycles. The van der Waals surface area contributed by atoms with Gasteiger partial charge in [0.1, 0.15) is 11.4 Å². The Morgan fingerprint density at radius 2 is 2.15 bits per heavy atom. The number of aromatic nitrogens is 2. The van der Waals surface area contributed by atoms with Crippen LogP contribution in [0.4, 0.5) is 0 Å². The van der Waals surface area contributed by atoms with Crippen molar-refractivity contribution in [2.75, 3.05) is 7.11 Å². The van der Waals surface area contributed by atoms with Crippen LogP contribution in [-0.4, -0.2) is 28.0 Å². The zero-order chi connectivity index (χ0) is 14.7. The number of carboxylic acid groups (broad SMARTS) is 1. The Morgan fingerprint density at radius 3 is 2.75 bits per heavy atom. The molecule has 0 aliphatic rings. The Balaban J connectivity index is 2.41. The van der Waals surface area contributed by atoms with Gasteiger partial charge in [-0.3, -0.25) is 4.68 Å². The average Bonchev–Trinajstić information content (AvgIpc) is 2.79. The van der Waals surface area contributed by atoms with Crippen LogP contribution in [0.25, 0.3) is 0 Å². The number of hydrogen-bond donors (Lipinski definition) is 1. The molecule has 0 atom stereocenters. The summed E-state index contributed by atoms with van der Waals surface area (Å²) in [6, 6.07) is 7.51. The second-order valence-corrected chi connectivity index (χ2v) is 4.63. The fourth-order valence-corrected chi connectivity index (χ4v) is 2.17. The maximum absolute atomic E-state index is 11.2. The molecule has 1 aromatic heterocycles. The van der Waals surface area contributed by atoms with Gasteiger partial charge < -0.3 is 9.84 Å². The summed E-state index contributed by atoms with van der Waals surface area (Å²) in [5, 5.41) is 13.4. The SMILES string of the molecule is CCc1ccc(OC)c(Cn2nc(C)cc2C(=O)O)c1. The third-order valence-electron chi connectivity index (χ3n) is 3.19. The van der Waals surface area contributed by atoms with Crippen LogP contribution >= 0.6 is 0 Å². The Morgan fingerprint density at radius 1 is 1.40 bits per heavy atom. The summed E-state index contributed by atoms with van der Waals surface area (Å²) in [4.78, 5) is 11.2. The molecule has 0 unspecified atom stereocenters. The number of nitrogens with zero attached hydrogens (tertiary/aromatic N) is 2. The van der Waals surface area contributed by atoms with Crippen LogP contribution in [0.2, 0.25) is 0 Å². The molecule has 1 N–H and O–H groups in total. The average molecular weight is 274 g/mol. The molecule has 0 bridgehead atoms. The predicted molar refractivity (Wildman–Crippen MR) is 75.4 cm³/mol.